The van der Waals surface area contributed by atoms with Gasteiger partial charge in [-0.1, -0.05) is 18.2 Å². The van der Waals surface area contributed by atoms with Crippen LogP contribution in [0.4, 0.5) is 0 Å². The minimum Gasteiger partial charge on any atom is -0.490 e. The Hall–Kier alpha value is -1.06. The van der Waals surface area contributed by atoms with E-state index in [0.717, 1.165) is 37.2 Å². The van der Waals surface area contributed by atoms with E-state index in [1.54, 1.807) is 0 Å². The van der Waals surface area contributed by atoms with Gasteiger partial charge in [0.15, 0.2) is 0 Å². The van der Waals surface area contributed by atoms with Crippen LogP contribution in [0.3, 0.4) is 0 Å². The molecule has 1 aliphatic heterocycles. The van der Waals surface area contributed by atoms with E-state index in [1.165, 1.54) is 0 Å². The number of hydrogen-bond acceptors (Lipinski definition) is 3. The molecule has 0 atom stereocenters. The first kappa shape index (κ1) is 11.4. The quantitative estimate of drug-likeness (QED) is 0.806. The van der Waals surface area contributed by atoms with Gasteiger partial charge in [0.1, 0.15) is 11.9 Å². The van der Waals surface area contributed by atoms with Crippen LogP contribution in [0.1, 0.15) is 18.4 Å². The molecule has 0 amide bonds. The molecule has 0 saturated carbocycles. The van der Waals surface area contributed by atoms with Gasteiger partial charge in [-0.05, 0) is 44.0 Å². The number of piperidine rings is 1. The summed E-state index contributed by atoms with van der Waals surface area (Å²) in [6, 6.07) is 7.98. The highest BCUT2D eigenvalue weighted by Crippen LogP contribution is 2.22. The van der Waals surface area contributed by atoms with E-state index < -0.39 is 0 Å². The predicted octanol–water partition coefficient (Wildman–Crippen LogP) is 1.35. The molecule has 0 aromatic heterocycles. The van der Waals surface area contributed by atoms with Crippen LogP contribution < -0.4 is 10.1 Å². The summed E-state index contributed by atoms with van der Waals surface area (Å²) in [7, 11) is 0. The molecule has 0 spiro atoms. The van der Waals surface area contributed by atoms with Gasteiger partial charge in [0.05, 0.1) is 0 Å². The minimum atomic E-state index is 0.173. The van der Waals surface area contributed by atoms with E-state index in [1.807, 2.05) is 24.3 Å². The number of aliphatic hydroxyl groups excluding tert-OH is 1. The van der Waals surface area contributed by atoms with E-state index in [2.05, 4.69) is 5.32 Å². The number of ether oxygens (including phenoxy) is 1. The molecule has 2 rings (SSSR count). The predicted molar refractivity (Wildman–Crippen MR) is 63.8 cm³/mol. The molecular formula is C13H19NO2. The highest BCUT2D eigenvalue weighted by atomic mass is 16.5. The van der Waals surface area contributed by atoms with Crippen molar-refractivity contribution in [2.45, 2.75) is 25.4 Å². The third-order valence-electron chi connectivity index (χ3n) is 2.93. The summed E-state index contributed by atoms with van der Waals surface area (Å²) < 4.78 is 5.99. The number of nitrogens with one attached hydrogen (secondary N) is 1. The van der Waals surface area contributed by atoms with Crippen LogP contribution in [0, 0.1) is 0 Å². The molecule has 1 aromatic carbocycles. The smallest absolute Gasteiger partial charge is 0.122 e. The van der Waals surface area contributed by atoms with E-state index in [4.69, 9.17) is 9.84 Å². The molecule has 2 N–H and O–H groups in total. The van der Waals surface area contributed by atoms with Crippen molar-refractivity contribution < 1.29 is 9.84 Å². The van der Waals surface area contributed by atoms with Crippen molar-refractivity contribution in [1.82, 2.24) is 5.32 Å². The first-order valence-corrected chi connectivity index (χ1v) is 5.96. The zero-order chi connectivity index (χ0) is 11.2. The Balaban J connectivity index is 2.01. The van der Waals surface area contributed by atoms with E-state index in [9.17, 15) is 0 Å². The number of hydrogen-bond donors (Lipinski definition) is 2. The molecule has 1 saturated heterocycles. The summed E-state index contributed by atoms with van der Waals surface area (Å²) in [5.41, 5.74) is 1.10. The van der Waals surface area contributed by atoms with Crippen LogP contribution in [-0.4, -0.2) is 30.9 Å². The molecule has 0 unspecified atom stereocenters. The van der Waals surface area contributed by atoms with Gasteiger partial charge in [0.25, 0.3) is 0 Å². The molecule has 88 valence electrons. The van der Waals surface area contributed by atoms with Gasteiger partial charge in [-0.2, -0.15) is 0 Å². The zero-order valence-corrected chi connectivity index (χ0v) is 9.48. The van der Waals surface area contributed by atoms with Gasteiger partial charge in [0, 0.05) is 6.61 Å². The summed E-state index contributed by atoms with van der Waals surface area (Å²) >= 11 is 0. The van der Waals surface area contributed by atoms with Gasteiger partial charge < -0.3 is 15.2 Å². The van der Waals surface area contributed by atoms with Crippen LogP contribution in [0.15, 0.2) is 24.3 Å². The number of para-hydroxylation sites is 1. The minimum absolute atomic E-state index is 0.173. The Morgan fingerprint density at radius 1 is 1.25 bits per heavy atom. The molecule has 3 nitrogen and oxygen atoms in total. The summed E-state index contributed by atoms with van der Waals surface area (Å²) in [6.45, 7) is 2.24. The largest absolute Gasteiger partial charge is 0.490 e. The van der Waals surface area contributed by atoms with Crippen LogP contribution in [0.5, 0.6) is 5.75 Å². The second kappa shape index (κ2) is 5.87. The molecule has 1 aliphatic rings. The van der Waals surface area contributed by atoms with Gasteiger partial charge in [-0.15, -0.1) is 0 Å². The fourth-order valence-corrected chi connectivity index (χ4v) is 2.04. The second-order valence-electron chi connectivity index (χ2n) is 4.15. The molecule has 1 aromatic rings. The van der Waals surface area contributed by atoms with Gasteiger partial charge in [-0.3, -0.25) is 0 Å². The maximum Gasteiger partial charge on any atom is 0.122 e. The number of rotatable bonds is 4. The first-order chi connectivity index (χ1) is 7.90. The summed E-state index contributed by atoms with van der Waals surface area (Å²) in [5, 5.41) is 12.3. The third-order valence-corrected chi connectivity index (χ3v) is 2.93. The normalized spacial score (nSPS) is 17.3. The van der Waals surface area contributed by atoms with Crippen molar-refractivity contribution in [3.05, 3.63) is 29.8 Å². The Labute approximate surface area is 96.4 Å². The van der Waals surface area contributed by atoms with Gasteiger partial charge in [0.2, 0.25) is 0 Å². The molecular weight excluding hydrogens is 202 g/mol. The summed E-state index contributed by atoms with van der Waals surface area (Å²) in [5.74, 6) is 0.934. The fraction of sp³-hybridized carbons (Fsp3) is 0.538. The van der Waals surface area contributed by atoms with Gasteiger partial charge >= 0.3 is 0 Å². The van der Waals surface area contributed by atoms with Crippen molar-refractivity contribution in [1.29, 1.82) is 0 Å². The molecule has 1 heterocycles. The third kappa shape index (κ3) is 2.97. The van der Waals surface area contributed by atoms with Gasteiger partial charge in [-0.25, -0.2) is 0 Å². The standard InChI is InChI=1S/C13H19NO2/c15-10-7-11-3-1-2-4-13(11)16-12-5-8-14-9-6-12/h1-4,12,14-15H,5-10H2. The van der Waals surface area contributed by atoms with Crippen LogP contribution >= 0.6 is 0 Å². The lowest BCUT2D eigenvalue weighted by Gasteiger charge is -2.25. The van der Waals surface area contributed by atoms with E-state index >= 15 is 0 Å². The Morgan fingerprint density at radius 3 is 2.75 bits per heavy atom. The monoisotopic (exact) mass is 221 g/mol. The second-order valence-corrected chi connectivity index (χ2v) is 4.15. The highest BCUT2D eigenvalue weighted by Gasteiger charge is 2.15. The molecule has 3 heteroatoms. The van der Waals surface area contributed by atoms with Crippen LogP contribution in [-0.2, 0) is 6.42 Å². The maximum absolute atomic E-state index is 8.98. The molecule has 0 aliphatic carbocycles. The van der Waals surface area contributed by atoms with Crippen molar-refractivity contribution in [2.24, 2.45) is 0 Å². The SMILES string of the molecule is OCCc1ccccc1OC1CCNCC1. The van der Waals surface area contributed by atoms with Crippen molar-refractivity contribution in [3.63, 3.8) is 0 Å². The number of aliphatic hydroxyl groups is 1. The van der Waals surface area contributed by atoms with Crippen LogP contribution in [0.2, 0.25) is 0 Å². The highest BCUT2D eigenvalue weighted by molar-refractivity contribution is 5.33. The Kier molecular flexibility index (Phi) is 4.19. The summed E-state index contributed by atoms with van der Waals surface area (Å²) in [6.07, 6.45) is 3.11. The van der Waals surface area contributed by atoms with Crippen molar-refractivity contribution in [3.8, 4) is 5.75 Å². The Bertz CT molecular complexity index is 321. The fourth-order valence-electron chi connectivity index (χ4n) is 2.04. The molecule has 0 bridgehead atoms. The van der Waals surface area contributed by atoms with Crippen molar-refractivity contribution in [2.75, 3.05) is 19.7 Å². The lowest BCUT2D eigenvalue weighted by molar-refractivity contribution is 0.160. The topological polar surface area (TPSA) is 41.5 Å². The van der Waals surface area contributed by atoms with Crippen molar-refractivity contribution >= 4 is 0 Å². The average Bonchev–Trinajstić information content (AvgIpc) is 2.33. The summed E-state index contributed by atoms with van der Waals surface area (Å²) in [4.78, 5) is 0. The Morgan fingerprint density at radius 2 is 2.00 bits per heavy atom. The average molecular weight is 221 g/mol. The first-order valence-electron chi connectivity index (χ1n) is 5.96. The maximum atomic E-state index is 8.98. The van der Waals surface area contributed by atoms with E-state index in [0.29, 0.717) is 12.5 Å². The van der Waals surface area contributed by atoms with E-state index in [-0.39, 0.29) is 6.61 Å². The lowest BCUT2D eigenvalue weighted by atomic mass is 10.1. The number of benzene rings is 1. The molecule has 1 fully saturated rings. The molecule has 16 heavy (non-hydrogen) atoms. The lowest BCUT2D eigenvalue weighted by Crippen LogP contribution is -2.34. The van der Waals surface area contributed by atoms with Crippen LogP contribution in [0.25, 0.3) is 0 Å². The molecule has 0 radical (unpaired) electrons. The zero-order valence-electron chi connectivity index (χ0n) is 9.48.